The number of nitrogens with one attached hydrogen (secondary N) is 1. The maximum atomic E-state index is 8.98. The first-order valence-electron chi connectivity index (χ1n) is 5.59. The Hall–Kier alpha value is -0.450. The molecule has 2 atom stereocenters. The van der Waals surface area contributed by atoms with Gasteiger partial charge < -0.3 is 14.8 Å². The molecule has 92 valence electrons. The molecule has 0 spiro atoms. The van der Waals surface area contributed by atoms with Crippen LogP contribution < -0.4 is 5.32 Å². The predicted octanol–water partition coefficient (Wildman–Crippen LogP) is 2.35. The summed E-state index contributed by atoms with van der Waals surface area (Å²) in [6.45, 7) is 4.26. The molecule has 0 amide bonds. The Balaban J connectivity index is 2.50. The Morgan fingerprint density at radius 1 is 1.50 bits per heavy atom. The molecule has 1 heterocycles. The van der Waals surface area contributed by atoms with E-state index in [9.17, 15) is 0 Å². The van der Waals surface area contributed by atoms with E-state index in [1.807, 2.05) is 19.1 Å². The van der Waals surface area contributed by atoms with Crippen molar-refractivity contribution in [3.63, 3.8) is 0 Å². The second-order valence-corrected chi connectivity index (χ2v) is 4.91. The van der Waals surface area contributed by atoms with E-state index < -0.39 is 0 Å². The molecule has 4 heteroatoms. The summed E-state index contributed by atoms with van der Waals surface area (Å²) in [5.74, 6) is 2.90. The Labute approximate surface area is 102 Å². The van der Waals surface area contributed by atoms with Crippen molar-refractivity contribution >= 4 is 11.8 Å². The topological polar surface area (TPSA) is 45.4 Å². The van der Waals surface area contributed by atoms with Crippen molar-refractivity contribution in [2.24, 2.45) is 0 Å². The molecule has 0 aliphatic rings. The number of hydrogen-bond acceptors (Lipinski definition) is 4. The van der Waals surface area contributed by atoms with E-state index in [2.05, 4.69) is 18.5 Å². The Morgan fingerprint density at radius 3 is 2.75 bits per heavy atom. The van der Waals surface area contributed by atoms with E-state index in [1.165, 1.54) is 0 Å². The first-order chi connectivity index (χ1) is 7.67. The lowest BCUT2D eigenvalue weighted by atomic mass is 10.2. The predicted molar refractivity (Wildman–Crippen MR) is 68.9 cm³/mol. The number of aliphatic hydroxyl groups excluding tert-OH is 1. The monoisotopic (exact) mass is 243 g/mol. The van der Waals surface area contributed by atoms with Gasteiger partial charge in [-0.2, -0.15) is 11.8 Å². The lowest BCUT2D eigenvalue weighted by Gasteiger charge is -2.20. The summed E-state index contributed by atoms with van der Waals surface area (Å²) in [4.78, 5) is 0. The van der Waals surface area contributed by atoms with Gasteiger partial charge in [-0.05, 0) is 38.7 Å². The zero-order chi connectivity index (χ0) is 12.0. The van der Waals surface area contributed by atoms with Crippen LogP contribution in [0.2, 0.25) is 0 Å². The van der Waals surface area contributed by atoms with E-state index in [0.717, 1.165) is 23.7 Å². The van der Waals surface area contributed by atoms with Gasteiger partial charge in [0.25, 0.3) is 0 Å². The number of aryl methyl sites for hydroxylation is 1. The molecule has 0 aliphatic carbocycles. The third-order valence-corrected chi connectivity index (χ3v) is 3.25. The molecule has 0 radical (unpaired) electrons. The van der Waals surface area contributed by atoms with Gasteiger partial charge in [0.05, 0.1) is 6.04 Å². The summed E-state index contributed by atoms with van der Waals surface area (Å²) >= 11 is 1.79. The third kappa shape index (κ3) is 4.20. The molecule has 0 fully saturated rings. The molecule has 16 heavy (non-hydrogen) atoms. The summed E-state index contributed by atoms with van der Waals surface area (Å²) in [5.41, 5.74) is 0. The van der Waals surface area contributed by atoms with Crippen LogP contribution in [-0.2, 0) is 0 Å². The lowest BCUT2D eigenvalue weighted by molar-refractivity contribution is 0.262. The zero-order valence-electron chi connectivity index (χ0n) is 10.2. The van der Waals surface area contributed by atoms with Crippen molar-refractivity contribution in [1.82, 2.24) is 5.32 Å². The van der Waals surface area contributed by atoms with Crippen LogP contribution >= 0.6 is 11.8 Å². The SMILES string of the molecule is CSCC(CCO)NC(C)c1ccc(C)o1. The molecule has 0 saturated heterocycles. The fourth-order valence-corrected chi connectivity index (χ4v) is 2.36. The van der Waals surface area contributed by atoms with Crippen molar-refractivity contribution in [3.8, 4) is 0 Å². The maximum Gasteiger partial charge on any atom is 0.120 e. The Morgan fingerprint density at radius 2 is 2.25 bits per heavy atom. The van der Waals surface area contributed by atoms with E-state index in [1.54, 1.807) is 11.8 Å². The van der Waals surface area contributed by atoms with Gasteiger partial charge >= 0.3 is 0 Å². The zero-order valence-corrected chi connectivity index (χ0v) is 11.0. The third-order valence-electron chi connectivity index (χ3n) is 2.52. The molecule has 0 bridgehead atoms. The van der Waals surface area contributed by atoms with Gasteiger partial charge in [-0.15, -0.1) is 0 Å². The lowest BCUT2D eigenvalue weighted by Crippen LogP contribution is -2.34. The summed E-state index contributed by atoms with van der Waals surface area (Å²) < 4.78 is 5.57. The summed E-state index contributed by atoms with van der Waals surface area (Å²) in [6.07, 6.45) is 2.86. The standard InChI is InChI=1S/C12H21NO2S/c1-9-4-5-12(15-9)10(2)13-11(6-7-14)8-16-3/h4-5,10-11,13-14H,6-8H2,1-3H3. The average Bonchev–Trinajstić information content (AvgIpc) is 2.65. The molecular formula is C12H21NO2S. The van der Waals surface area contributed by atoms with Crippen molar-refractivity contribution in [2.45, 2.75) is 32.4 Å². The molecule has 2 unspecified atom stereocenters. The van der Waals surface area contributed by atoms with Crippen molar-refractivity contribution in [3.05, 3.63) is 23.7 Å². The van der Waals surface area contributed by atoms with Crippen LogP contribution in [-0.4, -0.2) is 29.8 Å². The molecule has 1 aromatic rings. The first kappa shape index (κ1) is 13.6. The van der Waals surface area contributed by atoms with Gasteiger partial charge in [0, 0.05) is 18.4 Å². The minimum Gasteiger partial charge on any atom is -0.465 e. The van der Waals surface area contributed by atoms with Gasteiger partial charge in [-0.3, -0.25) is 0 Å². The number of hydrogen-bond donors (Lipinski definition) is 2. The molecule has 0 aliphatic heterocycles. The highest BCUT2D eigenvalue weighted by Gasteiger charge is 2.14. The van der Waals surface area contributed by atoms with Gasteiger partial charge in [0.2, 0.25) is 0 Å². The number of furan rings is 1. The van der Waals surface area contributed by atoms with Gasteiger partial charge in [-0.25, -0.2) is 0 Å². The Kier molecular flexibility index (Phi) is 5.95. The van der Waals surface area contributed by atoms with E-state index in [4.69, 9.17) is 9.52 Å². The summed E-state index contributed by atoms with van der Waals surface area (Å²) in [5, 5.41) is 12.5. The highest BCUT2D eigenvalue weighted by molar-refractivity contribution is 7.98. The second-order valence-electron chi connectivity index (χ2n) is 4.00. The van der Waals surface area contributed by atoms with Crippen LogP contribution in [0.1, 0.15) is 30.9 Å². The van der Waals surface area contributed by atoms with E-state index >= 15 is 0 Å². The van der Waals surface area contributed by atoms with Crippen LogP contribution in [0.25, 0.3) is 0 Å². The smallest absolute Gasteiger partial charge is 0.120 e. The van der Waals surface area contributed by atoms with Gasteiger partial charge in [0.15, 0.2) is 0 Å². The van der Waals surface area contributed by atoms with Crippen LogP contribution in [0.3, 0.4) is 0 Å². The molecule has 0 saturated carbocycles. The molecule has 1 aromatic heterocycles. The molecule has 0 aromatic carbocycles. The average molecular weight is 243 g/mol. The highest BCUT2D eigenvalue weighted by Crippen LogP contribution is 2.17. The molecule has 1 rings (SSSR count). The number of rotatable bonds is 7. The fraction of sp³-hybridized carbons (Fsp3) is 0.667. The van der Waals surface area contributed by atoms with Gasteiger partial charge in [-0.1, -0.05) is 0 Å². The molecule has 3 nitrogen and oxygen atoms in total. The van der Waals surface area contributed by atoms with Crippen LogP contribution in [0, 0.1) is 6.92 Å². The molecular weight excluding hydrogens is 222 g/mol. The normalized spacial score (nSPS) is 15.0. The largest absolute Gasteiger partial charge is 0.465 e. The van der Waals surface area contributed by atoms with E-state index in [0.29, 0.717) is 6.04 Å². The van der Waals surface area contributed by atoms with Crippen LogP contribution in [0.15, 0.2) is 16.5 Å². The minimum absolute atomic E-state index is 0.192. The van der Waals surface area contributed by atoms with Crippen LogP contribution in [0.4, 0.5) is 0 Å². The van der Waals surface area contributed by atoms with Crippen molar-refractivity contribution < 1.29 is 9.52 Å². The van der Waals surface area contributed by atoms with Crippen molar-refractivity contribution in [2.75, 3.05) is 18.6 Å². The minimum atomic E-state index is 0.192. The van der Waals surface area contributed by atoms with Crippen LogP contribution in [0.5, 0.6) is 0 Å². The highest BCUT2D eigenvalue weighted by atomic mass is 32.2. The summed E-state index contributed by atoms with van der Waals surface area (Å²) in [7, 11) is 0. The maximum absolute atomic E-state index is 8.98. The number of aliphatic hydroxyl groups is 1. The van der Waals surface area contributed by atoms with E-state index in [-0.39, 0.29) is 12.6 Å². The summed E-state index contributed by atoms with van der Waals surface area (Å²) in [6, 6.07) is 4.50. The quantitative estimate of drug-likeness (QED) is 0.771. The second kappa shape index (κ2) is 6.99. The Bertz CT molecular complexity index is 295. The van der Waals surface area contributed by atoms with Crippen molar-refractivity contribution in [1.29, 1.82) is 0 Å². The number of thioether (sulfide) groups is 1. The molecule has 2 N–H and O–H groups in total. The fourth-order valence-electron chi connectivity index (χ4n) is 1.69. The van der Waals surface area contributed by atoms with Gasteiger partial charge in [0.1, 0.15) is 11.5 Å². The first-order valence-corrected chi connectivity index (χ1v) is 6.99.